The number of hydrogen-bond acceptors (Lipinski definition) is 7. The third-order valence-electron chi connectivity index (χ3n) is 2.64. The van der Waals surface area contributed by atoms with Crippen LogP contribution in [0.5, 0.6) is 0 Å². The Morgan fingerprint density at radius 3 is 3.00 bits per heavy atom. The first kappa shape index (κ1) is 13.9. The van der Waals surface area contributed by atoms with Gasteiger partial charge in [0, 0.05) is 11.8 Å². The molecule has 0 bridgehead atoms. The van der Waals surface area contributed by atoms with E-state index < -0.39 is 5.97 Å². The van der Waals surface area contributed by atoms with Gasteiger partial charge in [-0.1, -0.05) is 16.9 Å². The lowest BCUT2D eigenvalue weighted by Gasteiger charge is -1.91. The first-order valence-electron chi connectivity index (χ1n) is 5.96. The van der Waals surface area contributed by atoms with Crippen LogP contribution in [-0.2, 0) is 5.75 Å². The smallest absolute Gasteiger partial charge is 0.347 e. The van der Waals surface area contributed by atoms with E-state index in [1.165, 1.54) is 23.1 Å². The van der Waals surface area contributed by atoms with E-state index in [1.807, 2.05) is 0 Å². The normalized spacial score (nSPS) is 10.9. The Kier molecular flexibility index (Phi) is 3.80. The summed E-state index contributed by atoms with van der Waals surface area (Å²) in [6.07, 6.45) is 1.57. The van der Waals surface area contributed by atoms with Crippen molar-refractivity contribution < 1.29 is 18.8 Å². The van der Waals surface area contributed by atoms with Crippen LogP contribution in [0, 0.1) is 6.92 Å². The van der Waals surface area contributed by atoms with Gasteiger partial charge in [-0.25, -0.2) is 9.78 Å². The zero-order valence-corrected chi connectivity index (χ0v) is 12.5. The largest absolute Gasteiger partial charge is 0.477 e. The summed E-state index contributed by atoms with van der Waals surface area (Å²) in [6, 6.07) is 5.36. The SMILES string of the molecule is Cc1nc(SCc2cc(-c3ccco3)on2)sc1C(=O)O. The van der Waals surface area contributed by atoms with Gasteiger partial charge in [0.05, 0.1) is 17.7 Å². The molecule has 3 rings (SSSR count). The molecule has 0 radical (unpaired) electrons. The molecule has 0 amide bonds. The molecule has 3 aromatic heterocycles. The van der Waals surface area contributed by atoms with Crippen LogP contribution in [0.3, 0.4) is 0 Å². The molecule has 0 spiro atoms. The maximum Gasteiger partial charge on any atom is 0.347 e. The van der Waals surface area contributed by atoms with E-state index in [2.05, 4.69) is 10.1 Å². The van der Waals surface area contributed by atoms with Crippen LogP contribution in [0.1, 0.15) is 21.1 Å². The van der Waals surface area contributed by atoms with Crippen molar-refractivity contribution in [1.82, 2.24) is 10.1 Å². The van der Waals surface area contributed by atoms with Crippen molar-refractivity contribution in [3.05, 3.63) is 40.7 Å². The Labute approximate surface area is 127 Å². The van der Waals surface area contributed by atoms with Gasteiger partial charge in [-0.15, -0.1) is 11.3 Å². The third-order valence-corrected chi connectivity index (χ3v) is 4.96. The first-order valence-corrected chi connectivity index (χ1v) is 7.76. The lowest BCUT2D eigenvalue weighted by atomic mass is 10.3. The maximum absolute atomic E-state index is 11.0. The fourth-order valence-electron chi connectivity index (χ4n) is 1.68. The van der Waals surface area contributed by atoms with Crippen molar-refractivity contribution in [3.63, 3.8) is 0 Å². The lowest BCUT2D eigenvalue weighted by molar-refractivity contribution is 0.0701. The average molecular weight is 322 g/mol. The second kappa shape index (κ2) is 5.74. The van der Waals surface area contributed by atoms with E-state index in [-0.39, 0.29) is 4.88 Å². The average Bonchev–Trinajstić information content (AvgIpc) is 3.16. The number of carboxylic acid groups (broad SMARTS) is 1. The minimum Gasteiger partial charge on any atom is -0.477 e. The summed E-state index contributed by atoms with van der Waals surface area (Å²) in [5.74, 6) is 0.795. The highest BCUT2D eigenvalue weighted by molar-refractivity contribution is 8.00. The highest BCUT2D eigenvalue weighted by Crippen LogP contribution is 2.30. The van der Waals surface area contributed by atoms with Crippen LogP contribution in [0.15, 0.2) is 37.7 Å². The van der Waals surface area contributed by atoms with Gasteiger partial charge in [0.25, 0.3) is 0 Å². The number of hydrogen-bond donors (Lipinski definition) is 1. The molecule has 6 nitrogen and oxygen atoms in total. The molecule has 0 unspecified atom stereocenters. The van der Waals surface area contributed by atoms with Gasteiger partial charge < -0.3 is 14.0 Å². The monoisotopic (exact) mass is 322 g/mol. The summed E-state index contributed by atoms with van der Waals surface area (Å²) in [6.45, 7) is 1.69. The molecule has 0 aliphatic carbocycles. The molecular formula is C13H10N2O4S2. The molecule has 3 heterocycles. The summed E-state index contributed by atoms with van der Waals surface area (Å²) in [5.41, 5.74) is 1.28. The van der Waals surface area contributed by atoms with Crippen LogP contribution in [0.25, 0.3) is 11.5 Å². The third kappa shape index (κ3) is 3.01. The maximum atomic E-state index is 11.0. The molecule has 0 saturated heterocycles. The quantitative estimate of drug-likeness (QED) is 0.716. The summed E-state index contributed by atoms with van der Waals surface area (Å²) in [5, 5.41) is 13.0. The Morgan fingerprint density at radius 2 is 2.33 bits per heavy atom. The predicted molar refractivity (Wildman–Crippen MR) is 77.6 cm³/mol. The number of carboxylic acids is 1. The van der Waals surface area contributed by atoms with Crippen molar-refractivity contribution >= 4 is 29.1 Å². The molecule has 0 atom stereocenters. The van der Waals surface area contributed by atoms with Gasteiger partial charge in [-0.3, -0.25) is 0 Å². The number of nitrogens with zero attached hydrogens (tertiary/aromatic N) is 2. The van der Waals surface area contributed by atoms with E-state index >= 15 is 0 Å². The topological polar surface area (TPSA) is 89.4 Å². The summed E-state index contributed by atoms with van der Waals surface area (Å²) in [4.78, 5) is 15.5. The fourth-order valence-corrected chi connectivity index (χ4v) is 3.59. The number of thiazole rings is 1. The predicted octanol–water partition coefficient (Wildman–Crippen LogP) is 3.69. The Morgan fingerprint density at radius 1 is 1.48 bits per heavy atom. The van der Waals surface area contributed by atoms with Crippen molar-refractivity contribution in [2.45, 2.75) is 17.0 Å². The summed E-state index contributed by atoms with van der Waals surface area (Å²) >= 11 is 2.59. The minimum atomic E-state index is -0.946. The second-order valence-electron chi connectivity index (χ2n) is 4.15. The number of furan rings is 1. The van der Waals surface area contributed by atoms with Gasteiger partial charge in [0.15, 0.2) is 10.1 Å². The van der Waals surface area contributed by atoms with E-state index in [9.17, 15) is 4.79 Å². The summed E-state index contributed by atoms with van der Waals surface area (Å²) in [7, 11) is 0. The van der Waals surface area contributed by atoms with Crippen LogP contribution in [0.4, 0.5) is 0 Å². The van der Waals surface area contributed by atoms with Gasteiger partial charge in [0.1, 0.15) is 4.88 Å². The number of thioether (sulfide) groups is 1. The van der Waals surface area contributed by atoms with Crippen molar-refractivity contribution in [2.75, 3.05) is 0 Å². The molecule has 21 heavy (non-hydrogen) atoms. The number of aromatic nitrogens is 2. The van der Waals surface area contributed by atoms with Gasteiger partial charge in [-0.2, -0.15) is 0 Å². The van der Waals surface area contributed by atoms with Gasteiger partial charge in [-0.05, 0) is 19.1 Å². The molecule has 1 N–H and O–H groups in total. The van der Waals surface area contributed by atoms with Crippen LogP contribution in [-0.4, -0.2) is 21.2 Å². The van der Waals surface area contributed by atoms with Crippen LogP contribution in [0.2, 0.25) is 0 Å². The minimum absolute atomic E-state index is 0.272. The van der Waals surface area contributed by atoms with E-state index in [0.717, 1.165) is 5.69 Å². The molecule has 0 saturated carbocycles. The van der Waals surface area contributed by atoms with E-state index in [0.29, 0.717) is 27.3 Å². The lowest BCUT2D eigenvalue weighted by Crippen LogP contribution is -1.94. The first-order chi connectivity index (χ1) is 10.1. The molecule has 3 aromatic rings. The molecule has 0 aromatic carbocycles. The summed E-state index contributed by atoms with van der Waals surface area (Å²) < 4.78 is 11.1. The zero-order valence-electron chi connectivity index (χ0n) is 10.9. The number of aromatic carboxylic acids is 1. The second-order valence-corrected chi connectivity index (χ2v) is 6.37. The number of rotatable bonds is 5. The van der Waals surface area contributed by atoms with Crippen molar-refractivity contribution in [3.8, 4) is 11.5 Å². The van der Waals surface area contributed by atoms with Crippen LogP contribution >= 0.6 is 23.1 Å². The molecular weight excluding hydrogens is 312 g/mol. The van der Waals surface area contributed by atoms with E-state index in [1.54, 1.807) is 31.4 Å². The molecule has 8 heteroatoms. The molecule has 0 aliphatic heterocycles. The van der Waals surface area contributed by atoms with Gasteiger partial charge >= 0.3 is 5.97 Å². The zero-order chi connectivity index (χ0) is 14.8. The van der Waals surface area contributed by atoms with Crippen molar-refractivity contribution in [2.24, 2.45) is 0 Å². The van der Waals surface area contributed by atoms with Gasteiger partial charge in [0.2, 0.25) is 5.76 Å². The molecule has 0 fully saturated rings. The van der Waals surface area contributed by atoms with E-state index in [4.69, 9.17) is 14.0 Å². The van der Waals surface area contributed by atoms with Crippen LogP contribution < -0.4 is 0 Å². The number of carbonyl (C=O) groups is 1. The Hall–Kier alpha value is -2.06. The standard InChI is InChI=1S/C13H10N2O4S2/c1-7-11(12(16)17)21-13(14-7)20-6-8-5-10(19-15-8)9-3-2-4-18-9/h2-5H,6H2,1H3,(H,16,17). The van der Waals surface area contributed by atoms with Crippen molar-refractivity contribution in [1.29, 1.82) is 0 Å². The molecule has 108 valence electrons. The Balaban J connectivity index is 1.68. The Bertz CT molecular complexity index is 761. The fraction of sp³-hybridized carbons (Fsp3) is 0.154. The highest BCUT2D eigenvalue weighted by atomic mass is 32.2. The highest BCUT2D eigenvalue weighted by Gasteiger charge is 2.15. The molecule has 0 aliphatic rings. The number of aryl methyl sites for hydroxylation is 1.